The van der Waals surface area contributed by atoms with Crippen LogP contribution in [-0.4, -0.2) is 79.7 Å². The van der Waals surface area contributed by atoms with Gasteiger partial charge in [0.25, 0.3) is 0 Å². The van der Waals surface area contributed by atoms with Crippen LogP contribution in [0.3, 0.4) is 0 Å². The number of nitrogens with one attached hydrogen (secondary N) is 2. The van der Waals surface area contributed by atoms with Gasteiger partial charge >= 0.3 is 6.18 Å². The Kier molecular flexibility index (Phi) is 6.70. The van der Waals surface area contributed by atoms with Gasteiger partial charge in [-0.3, -0.25) is 9.89 Å². The van der Waals surface area contributed by atoms with E-state index in [2.05, 4.69) is 15.6 Å². The Morgan fingerprint density at radius 1 is 1.38 bits per heavy atom. The zero-order chi connectivity index (χ0) is 17.6. The summed E-state index contributed by atoms with van der Waals surface area (Å²) in [6, 6.07) is -0.0746. The van der Waals surface area contributed by atoms with Gasteiger partial charge in [-0.25, -0.2) is 0 Å². The second-order valence-corrected chi connectivity index (χ2v) is 6.51. The lowest BCUT2D eigenvalue weighted by Gasteiger charge is -2.30. The molecule has 140 valence electrons. The molecule has 2 fully saturated rings. The van der Waals surface area contributed by atoms with Crippen molar-refractivity contribution in [2.45, 2.75) is 44.0 Å². The van der Waals surface area contributed by atoms with Crippen LogP contribution in [-0.2, 0) is 4.74 Å². The van der Waals surface area contributed by atoms with Gasteiger partial charge < -0.3 is 20.5 Å². The average Bonchev–Trinajstić information content (AvgIpc) is 2.91. The second kappa shape index (κ2) is 8.35. The van der Waals surface area contributed by atoms with E-state index in [0.29, 0.717) is 58.1 Å². The smallest absolute Gasteiger partial charge is 0.388 e. The van der Waals surface area contributed by atoms with Crippen molar-refractivity contribution in [2.75, 3.05) is 45.9 Å². The van der Waals surface area contributed by atoms with Crippen molar-refractivity contribution in [1.29, 1.82) is 0 Å². The van der Waals surface area contributed by atoms with Crippen molar-refractivity contribution in [2.24, 2.45) is 4.99 Å². The minimum Gasteiger partial charge on any atom is -0.388 e. The van der Waals surface area contributed by atoms with Gasteiger partial charge in [0.05, 0.1) is 18.7 Å². The molecule has 1 unspecified atom stereocenters. The molecule has 24 heavy (non-hydrogen) atoms. The van der Waals surface area contributed by atoms with Gasteiger partial charge in [-0.05, 0) is 13.3 Å². The van der Waals surface area contributed by atoms with Gasteiger partial charge in [-0.15, -0.1) is 0 Å². The van der Waals surface area contributed by atoms with Crippen LogP contribution in [0.2, 0.25) is 0 Å². The summed E-state index contributed by atoms with van der Waals surface area (Å²) >= 11 is 0. The summed E-state index contributed by atoms with van der Waals surface area (Å²) in [7, 11) is 0. The van der Waals surface area contributed by atoms with Crippen molar-refractivity contribution in [1.82, 2.24) is 15.5 Å². The SMILES string of the molecule is CCNC(=NCC1(O)CCOCC1)NC1CCN(CC(F)(F)F)C1. The molecular formula is C15H27F3N4O2. The maximum Gasteiger partial charge on any atom is 0.401 e. The van der Waals surface area contributed by atoms with E-state index in [4.69, 9.17) is 4.74 Å². The first-order valence-electron chi connectivity index (χ1n) is 8.44. The first-order chi connectivity index (χ1) is 11.3. The van der Waals surface area contributed by atoms with Crippen LogP contribution in [0.15, 0.2) is 4.99 Å². The number of guanidine groups is 1. The van der Waals surface area contributed by atoms with E-state index in [0.717, 1.165) is 0 Å². The highest BCUT2D eigenvalue weighted by atomic mass is 19.4. The summed E-state index contributed by atoms with van der Waals surface area (Å²) in [6.45, 7) is 3.73. The maximum absolute atomic E-state index is 12.5. The standard InChI is InChI=1S/C15H27F3N4O2/c1-2-19-13(20-10-14(23)4-7-24-8-5-14)21-12-3-6-22(9-12)11-15(16,17)18/h12,23H,2-11H2,1H3,(H2,19,20,21). The van der Waals surface area contributed by atoms with Crippen molar-refractivity contribution < 1.29 is 23.0 Å². The first-order valence-corrected chi connectivity index (χ1v) is 8.44. The number of alkyl halides is 3. The number of likely N-dealkylation sites (tertiary alicyclic amines) is 1. The molecule has 0 amide bonds. The summed E-state index contributed by atoms with van der Waals surface area (Å²) in [5, 5.41) is 16.7. The van der Waals surface area contributed by atoms with Gasteiger partial charge in [0.1, 0.15) is 0 Å². The molecular weight excluding hydrogens is 325 g/mol. The summed E-state index contributed by atoms with van der Waals surface area (Å²) in [6.07, 6.45) is -2.45. The van der Waals surface area contributed by atoms with Crippen molar-refractivity contribution >= 4 is 5.96 Å². The number of hydrogen-bond donors (Lipinski definition) is 3. The minimum absolute atomic E-state index is 0.0746. The Morgan fingerprint density at radius 2 is 2.08 bits per heavy atom. The molecule has 6 nitrogen and oxygen atoms in total. The Balaban J connectivity index is 1.85. The first kappa shape index (κ1) is 19.3. The van der Waals surface area contributed by atoms with Crippen LogP contribution in [0, 0.1) is 0 Å². The fraction of sp³-hybridized carbons (Fsp3) is 0.933. The van der Waals surface area contributed by atoms with Crippen LogP contribution in [0.25, 0.3) is 0 Å². The molecule has 2 aliphatic heterocycles. The van der Waals surface area contributed by atoms with Gasteiger partial charge in [0.15, 0.2) is 5.96 Å². The number of aliphatic hydroxyl groups is 1. The van der Waals surface area contributed by atoms with E-state index in [-0.39, 0.29) is 12.6 Å². The molecule has 0 aromatic carbocycles. The number of halogens is 3. The Labute approximate surface area is 140 Å². The third kappa shape index (κ3) is 6.45. The van der Waals surface area contributed by atoms with Crippen molar-refractivity contribution in [3.63, 3.8) is 0 Å². The van der Waals surface area contributed by atoms with Crippen LogP contribution in [0.4, 0.5) is 13.2 Å². The van der Waals surface area contributed by atoms with Crippen LogP contribution < -0.4 is 10.6 Å². The lowest BCUT2D eigenvalue weighted by Crippen LogP contribution is -2.46. The minimum atomic E-state index is -4.17. The van der Waals surface area contributed by atoms with Crippen LogP contribution in [0.1, 0.15) is 26.2 Å². The predicted molar refractivity (Wildman–Crippen MR) is 85.0 cm³/mol. The van der Waals surface area contributed by atoms with E-state index < -0.39 is 18.3 Å². The normalized spacial score (nSPS) is 25.7. The fourth-order valence-corrected chi connectivity index (χ4v) is 3.00. The number of rotatable bonds is 5. The van der Waals surface area contributed by atoms with Gasteiger partial charge in [-0.2, -0.15) is 13.2 Å². The van der Waals surface area contributed by atoms with Crippen molar-refractivity contribution in [3.8, 4) is 0 Å². The van der Waals surface area contributed by atoms with Gasteiger partial charge in [0.2, 0.25) is 0 Å². The van der Waals surface area contributed by atoms with Crippen molar-refractivity contribution in [3.05, 3.63) is 0 Å². The third-order valence-corrected chi connectivity index (χ3v) is 4.32. The summed E-state index contributed by atoms with van der Waals surface area (Å²) in [5.74, 6) is 0.538. The molecule has 0 aromatic rings. The monoisotopic (exact) mass is 352 g/mol. The van der Waals surface area contributed by atoms with E-state index in [1.54, 1.807) is 0 Å². The van der Waals surface area contributed by atoms with E-state index >= 15 is 0 Å². The summed E-state index contributed by atoms with van der Waals surface area (Å²) < 4.78 is 42.6. The third-order valence-electron chi connectivity index (χ3n) is 4.32. The van der Waals surface area contributed by atoms with E-state index in [1.807, 2.05) is 6.92 Å². The zero-order valence-electron chi connectivity index (χ0n) is 14.0. The molecule has 0 spiro atoms. The maximum atomic E-state index is 12.5. The second-order valence-electron chi connectivity index (χ2n) is 6.51. The highest BCUT2D eigenvalue weighted by Gasteiger charge is 2.34. The number of ether oxygens (including phenoxy) is 1. The molecule has 3 N–H and O–H groups in total. The Morgan fingerprint density at radius 3 is 2.71 bits per heavy atom. The van der Waals surface area contributed by atoms with Gasteiger partial charge in [-0.1, -0.05) is 0 Å². The topological polar surface area (TPSA) is 69.1 Å². The number of aliphatic imine (C=N–C) groups is 1. The zero-order valence-corrected chi connectivity index (χ0v) is 14.0. The summed E-state index contributed by atoms with van der Waals surface area (Å²) in [4.78, 5) is 5.82. The predicted octanol–water partition coefficient (Wildman–Crippen LogP) is 0.720. The Bertz CT molecular complexity index is 425. The van der Waals surface area contributed by atoms with E-state index in [9.17, 15) is 18.3 Å². The highest BCUT2D eigenvalue weighted by Crippen LogP contribution is 2.21. The molecule has 0 bridgehead atoms. The van der Waals surface area contributed by atoms with Crippen LogP contribution in [0.5, 0.6) is 0 Å². The quantitative estimate of drug-likeness (QED) is 0.503. The van der Waals surface area contributed by atoms with E-state index in [1.165, 1.54) is 4.90 Å². The molecule has 2 saturated heterocycles. The lowest BCUT2D eigenvalue weighted by atomic mass is 9.95. The molecule has 9 heteroatoms. The number of hydrogen-bond acceptors (Lipinski definition) is 4. The van der Waals surface area contributed by atoms with Crippen LogP contribution >= 0.6 is 0 Å². The molecule has 0 saturated carbocycles. The summed E-state index contributed by atoms with van der Waals surface area (Å²) in [5.41, 5.74) is -0.863. The largest absolute Gasteiger partial charge is 0.401 e. The Hall–Kier alpha value is -1.06. The molecule has 2 aliphatic rings. The molecule has 1 atom stereocenters. The highest BCUT2D eigenvalue weighted by molar-refractivity contribution is 5.80. The average molecular weight is 352 g/mol. The van der Waals surface area contributed by atoms with Gasteiger partial charge in [0, 0.05) is 51.7 Å². The molecule has 2 rings (SSSR count). The molecule has 0 radical (unpaired) electrons. The molecule has 0 aliphatic carbocycles. The molecule has 0 aromatic heterocycles. The lowest BCUT2D eigenvalue weighted by molar-refractivity contribution is -0.143. The number of nitrogens with zero attached hydrogens (tertiary/aromatic N) is 2. The fourth-order valence-electron chi connectivity index (χ4n) is 3.00. The molecule has 2 heterocycles.